The SMILES string of the molecule is C=CCn1c(=O)c(C2CC(=O)N(Cc3ccccc3)C3=C2C(=O)CCC3)cc2cc(C)ccc21. The number of pyridine rings is 1. The summed E-state index contributed by atoms with van der Waals surface area (Å²) in [5, 5.41) is 0.932. The van der Waals surface area contributed by atoms with Crippen LogP contribution in [0.5, 0.6) is 0 Å². The number of Topliss-reactive ketones (excluding diaryl/α,β-unsaturated/α-hetero) is 1. The summed E-state index contributed by atoms with van der Waals surface area (Å²) in [6.45, 7) is 6.64. The largest absolute Gasteiger partial charge is 0.311 e. The monoisotopic (exact) mass is 452 g/mol. The Morgan fingerprint density at radius 2 is 1.82 bits per heavy atom. The van der Waals surface area contributed by atoms with Gasteiger partial charge in [-0.3, -0.25) is 14.4 Å². The molecule has 0 saturated carbocycles. The normalized spacial score (nSPS) is 18.4. The predicted molar refractivity (Wildman–Crippen MR) is 133 cm³/mol. The van der Waals surface area contributed by atoms with Crippen molar-refractivity contribution >= 4 is 22.6 Å². The molecular formula is C29H28N2O3. The maximum Gasteiger partial charge on any atom is 0.255 e. The first-order valence-electron chi connectivity index (χ1n) is 11.8. The number of nitrogens with zero attached hydrogens (tertiary/aromatic N) is 2. The number of aromatic nitrogens is 1. The molecule has 2 aromatic carbocycles. The lowest BCUT2D eigenvalue weighted by Crippen LogP contribution is -2.41. The summed E-state index contributed by atoms with van der Waals surface area (Å²) in [5.74, 6) is -0.507. The van der Waals surface area contributed by atoms with Gasteiger partial charge in [-0.25, -0.2) is 0 Å². The zero-order valence-electron chi connectivity index (χ0n) is 19.4. The van der Waals surface area contributed by atoms with Gasteiger partial charge in [0.1, 0.15) is 0 Å². The molecule has 0 fully saturated rings. The van der Waals surface area contributed by atoms with Crippen LogP contribution in [0.1, 0.15) is 48.3 Å². The van der Waals surface area contributed by atoms with E-state index in [1.165, 1.54) is 0 Å². The van der Waals surface area contributed by atoms with Gasteiger partial charge in [0.2, 0.25) is 5.91 Å². The second-order valence-corrected chi connectivity index (χ2v) is 9.23. The van der Waals surface area contributed by atoms with Crippen molar-refractivity contribution in [3.8, 4) is 0 Å². The van der Waals surface area contributed by atoms with Crippen LogP contribution in [-0.2, 0) is 22.7 Å². The Kier molecular flexibility index (Phi) is 5.78. The quantitative estimate of drug-likeness (QED) is 0.511. The van der Waals surface area contributed by atoms with E-state index in [2.05, 4.69) is 6.58 Å². The number of carbonyl (C=O) groups excluding carboxylic acids is 2. The summed E-state index contributed by atoms with van der Waals surface area (Å²) in [6.07, 6.45) is 3.67. The molecule has 172 valence electrons. The van der Waals surface area contributed by atoms with E-state index in [9.17, 15) is 14.4 Å². The molecule has 5 rings (SSSR count). The maximum atomic E-state index is 13.7. The van der Waals surface area contributed by atoms with Crippen LogP contribution >= 0.6 is 0 Å². The molecule has 5 heteroatoms. The van der Waals surface area contributed by atoms with Crippen LogP contribution in [-0.4, -0.2) is 21.2 Å². The van der Waals surface area contributed by atoms with Gasteiger partial charge in [0.05, 0.1) is 12.1 Å². The Balaban J connectivity index is 1.68. The fourth-order valence-electron chi connectivity index (χ4n) is 5.36. The Morgan fingerprint density at radius 3 is 2.59 bits per heavy atom. The maximum absolute atomic E-state index is 13.7. The summed E-state index contributed by atoms with van der Waals surface area (Å²) in [4.78, 5) is 42.1. The average Bonchev–Trinajstić information content (AvgIpc) is 2.83. The van der Waals surface area contributed by atoms with Crippen LogP contribution in [0.15, 0.2) is 83.3 Å². The van der Waals surface area contributed by atoms with E-state index in [1.807, 2.05) is 61.5 Å². The summed E-state index contributed by atoms with van der Waals surface area (Å²) >= 11 is 0. The molecule has 0 radical (unpaired) electrons. The molecule has 3 aromatic rings. The van der Waals surface area contributed by atoms with Gasteiger partial charge in [0.15, 0.2) is 5.78 Å². The number of aryl methyl sites for hydroxylation is 1. The third kappa shape index (κ3) is 3.81. The van der Waals surface area contributed by atoms with E-state index in [1.54, 1.807) is 15.5 Å². The Bertz CT molecular complexity index is 1400. The van der Waals surface area contributed by atoms with E-state index >= 15 is 0 Å². The molecular weight excluding hydrogens is 424 g/mol. The van der Waals surface area contributed by atoms with Gasteiger partial charge in [0.25, 0.3) is 5.56 Å². The highest BCUT2D eigenvalue weighted by molar-refractivity contribution is 6.01. The first-order valence-corrected chi connectivity index (χ1v) is 11.8. The number of ketones is 1. The molecule has 1 aromatic heterocycles. The minimum atomic E-state index is -0.518. The number of allylic oxidation sites excluding steroid dienone is 3. The standard InChI is InChI=1S/C29H28N2O3/c1-3-14-30-24-13-12-19(2)15-21(24)16-23(29(30)34)22-17-27(33)31(18-20-8-5-4-6-9-20)25-10-7-11-26(32)28(22)25/h3-6,8-9,12-13,15-16,22H,1,7,10-11,14,17-18H2,2H3. The van der Waals surface area contributed by atoms with Crippen LogP contribution in [0.2, 0.25) is 0 Å². The van der Waals surface area contributed by atoms with Crippen molar-refractivity contribution < 1.29 is 9.59 Å². The molecule has 0 spiro atoms. The minimum Gasteiger partial charge on any atom is -0.311 e. The van der Waals surface area contributed by atoms with E-state index in [4.69, 9.17) is 0 Å². The van der Waals surface area contributed by atoms with Gasteiger partial charge in [-0.1, -0.05) is 48.0 Å². The summed E-state index contributed by atoms with van der Waals surface area (Å²) in [7, 11) is 0. The minimum absolute atomic E-state index is 0.0405. The van der Waals surface area contributed by atoms with Crippen LogP contribution in [0.3, 0.4) is 0 Å². The van der Waals surface area contributed by atoms with Gasteiger partial charge in [-0.05, 0) is 48.9 Å². The molecule has 1 aliphatic heterocycles. The molecule has 2 aliphatic rings. The third-order valence-corrected chi connectivity index (χ3v) is 6.93. The molecule has 0 N–H and O–H groups in total. The van der Waals surface area contributed by atoms with Crippen LogP contribution < -0.4 is 5.56 Å². The number of amides is 1. The first kappa shape index (κ1) is 22.1. The number of hydrogen-bond acceptors (Lipinski definition) is 3. The number of carbonyl (C=O) groups is 2. The van der Waals surface area contributed by atoms with Crippen molar-refractivity contribution in [3.05, 3.63) is 106 Å². The highest BCUT2D eigenvalue weighted by Crippen LogP contribution is 2.41. The smallest absolute Gasteiger partial charge is 0.255 e. The second kappa shape index (κ2) is 8.90. The molecule has 34 heavy (non-hydrogen) atoms. The number of fused-ring (bicyclic) bond motifs is 1. The van der Waals surface area contributed by atoms with Gasteiger partial charge >= 0.3 is 0 Å². The molecule has 1 unspecified atom stereocenters. The van der Waals surface area contributed by atoms with E-state index in [-0.39, 0.29) is 23.7 Å². The molecule has 0 bridgehead atoms. The van der Waals surface area contributed by atoms with Crippen molar-refractivity contribution in [2.75, 3.05) is 0 Å². The summed E-state index contributed by atoms with van der Waals surface area (Å²) in [5.41, 5.74) is 4.75. The Hall–Kier alpha value is -3.73. The third-order valence-electron chi connectivity index (χ3n) is 6.93. The molecule has 2 heterocycles. The predicted octanol–water partition coefficient (Wildman–Crippen LogP) is 5.02. The highest BCUT2D eigenvalue weighted by atomic mass is 16.2. The average molecular weight is 453 g/mol. The van der Waals surface area contributed by atoms with Crippen molar-refractivity contribution in [2.24, 2.45) is 0 Å². The first-order chi connectivity index (χ1) is 16.5. The highest BCUT2D eigenvalue weighted by Gasteiger charge is 2.40. The van der Waals surface area contributed by atoms with E-state index in [0.29, 0.717) is 37.1 Å². The van der Waals surface area contributed by atoms with Crippen molar-refractivity contribution in [3.63, 3.8) is 0 Å². The Labute approximate surface area is 199 Å². The molecule has 1 aliphatic carbocycles. The number of benzene rings is 2. The van der Waals surface area contributed by atoms with Crippen LogP contribution in [0.4, 0.5) is 0 Å². The summed E-state index contributed by atoms with van der Waals surface area (Å²) < 4.78 is 1.70. The lowest BCUT2D eigenvalue weighted by Gasteiger charge is -2.38. The fraction of sp³-hybridized carbons (Fsp3) is 0.276. The lowest BCUT2D eigenvalue weighted by atomic mass is 9.77. The van der Waals surface area contributed by atoms with Crippen molar-refractivity contribution in [1.82, 2.24) is 9.47 Å². The fourth-order valence-corrected chi connectivity index (χ4v) is 5.36. The lowest BCUT2D eigenvalue weighted by molar-refractivity contribution is -0.131. The Morgan fingerprint density at radius 1 is 1.03 bits per heavy atom. The van der Waals surface area contributed by atoms with Crippen LogP contribution in [0.25, 0.3) is 10.9 Å². The van der Waals surface area contributed by atoms with Gasteiger partial charge in [-0.15, -0.1) is 6.58 Å². The van der Waals surface area contributed by atoms with Crippen LogP contribution in [0, 0.1) is 6.92 Å². The van der Waals surface area contributed by atoms with E-state index in [0.717, 1.165) is 34.1 Å². The van der Waals surface area contributed by atoms with Gasteiger partial charge in [-0.2, -0.15) is 0 Å². The molecule has 0 saturated heterocycles. The number of rotatable bonds is 5. The molecule has 1 amide bonds. The van der Waals surface area contributed by atoms with Crippen molar-refractivity contribution in [1.29, 1.82) is 0 Å². The van der Waals surface area contributed by atoms with E-state index < -0.39 is 5.92 Å². The summed E-state index contributed by atoms with van der Waals surface area (Å²) in [6, 6.07) is 17.7. The number of hydrogen-bond donors (Lipinski definition) is 0. The van der Waals surface area contributed by atoms with Gasteiger partial charge in [0, 0.05) is 42.1 Å². The second-order valence-electron chi connectivity index (χ2n) is 9.23. The van der Waals surface area contributed by atoms with Gasteiger partial charge < -0.3 is 9.47 Å². The zero-order valence-corrected chi connectivity index (χ0v) is 19.4. The molecule has 1 atom stereocenters. The zero-order chi connectivity index (χ0) is 23.8. The molecule has 5 nitrogen and oxygen atoms in total. The van der Waals surface area contributed by atoms with Crippen molar-refractivity contribution in [2.45, 2.75) is 51.6 Å². The topological polar surface area (TPSA) is 59.4 Å².